The average Bonchev–Trinajstić information content (AvgIpc) is 2.58. The van der Waals surface area contributed by atoms with Gasteiger partial charge in [0.15, 0.2) is 0 Å². The second-order valence-corrected chi connectivity index (χ2v) is 5.16. The zero-order valence-electron chi connectivity index (χ0n) is 7.91. The Morgan fingerprint density at radius 1 is 1.27 bits per heavy atom. The molecule has 1 fully saturated rings. The Kier molecular flexibility index (Phi) is 3.66. The van der Waals surface area contributed by atoms with Crippen molar-refractivity contribution in [2.24, 2.45) is 0 Å². The summed E-state index contributed by atoms with van der Waals surface area (Å²) in [6, 6.07) is 5.81. The largest absolute Gasteiger partial charge is 0.388 e. The van der Waals surface area contributed by atoms with Crippen LogP contribution in [0, 0.1) is 0 Å². The van der Waals surface area contributed by atoms with E-state index >= 15 is 0 Å². The number of halogens is 2. The Morgan fingerprint density at radius 3 is 2.47 bits per heavy atom. The predicted molar refractivity (Wildman–Crippen MR) is 66.1 cm³/mol. The lowest BCUT2D eigenvalue weighted by Crippen LogP contribution is -2.32. The van der Waals surface area contributed by atoms with Gasteiger partial charge in [-0.15, -0.1) is 0 Å². The van der Waals surface area contributed by atoms with Crippen LogP contribution in [0.5, 0.6) is 0 Å². The van der Waals surface area contributed by atoms with E-state index in [1.807, 2.05) is 18.2 Å². The van der Waals surface area contributed by atoms with Gasteiger partial charge in [0, 0.05) is 8.95 Å². The summed E-state index contributed by atoms with van der Waals surface area (Å²) in [4.78, 5) is 0. The molecule has 0 saturated carbocycles. The molecule has 2 unspecified atom stereocenters. The zero-order valence-corrected chi connectivity index (χ0v) is 11.1. The molecule has 0 bridgehead atoms. The normalized spacial score (nSPS) is 25.5. The lowest BCUT2D eigenvalue weighted by molar-refractivity contribution is 0.125. The molecule has 0 amide bonds. The molecule has 1 aromatic rings. The van der Waals surface area contributed by atoms with Crippen LogP contribution in [-0.4, -0.2) is 30.5 Å². The molecule has 5 heteroatoms. The van der Waals surface area contributed by atoms with E-state index in [-0.39, 0.29) is 6.04 Å². The fourth-order valence-electron chi connectivity index (χ4n) is 1.50. The SMILES string of the molecule is OC1COCC1Nc1c(Br)cccc1Br. The van der Waals surface area contributed by atoms with Gasteiger partial charge >= 0.3 is 0 Å². The molecule has 2 N–H and O–H groups in total. The number of aliphatic hydroxyl groups excluding tert-OH is 1. The molecule has 1 heterocycles. The molecule has 1 aliphatic rings. The monoisotopic (exact) mass is 335 g/mol. The standard InChI is InChI=1S/C10H11Br2NO2/c11-6-2-1-3-7(12)10(6)13-8-4-15-5-9(8)14/h1-3,8-9,13-14H,4-5H2. The van der Waals surface area contributed by atoms with E-state index in [1.54, 1.807) is 0 Å². The van der Waals surface area contributed by atoms with E-state index in [9.17, 15) is 5.11 Å². The molecule has 3 nitrogen and oxygen atoms in total. The molecule has 2 rings (SSSR count). The van der Waals surface area contributed by atoms with Crippen molar-refractivity contribution in [3.8, 4) is 0 Å². The maximum absolute atomic E-state index is 9.61. The van der Waals surface area contributed by atoms with Crippen LogP contribution < -0.4 is 5.32 Å². The van der Waals surface area contributed by atoms with Gasteiger partial charge in [-0.05, 0) is 44.0 Å². The number of ether oxygens (including phenoxy) is 1. The maximum Gasteiger partial charge on any atom is 0.0996 e. The summed E-state index contributed by atoms with van der Waals surface area (Å²) in [5, 5.41) is 12.9. The third-order valence-electron chi connectivity index (χ3n) is 2.34. The highest BCUT2D eigenvalue weighted by Gasteiger charge is 2.26. The summed E-state index contributed by atoms with van der Waals surface area (Å²) < 4.78 is 7.12. The van der Waals surface area contributed by atoms with Crippen LogP contribution in [0.25, 0.3) is 0 Å². The van der Waals surface area contributed by atoms with E-state index in [4.69, 9.17) is 4.74 Å². The smallest absolute Gasteiger partial charge is 0.0996 e. The van der Waals surface area contributed by atoms with Gasteiger partial charge < -0.3 is 15.2 Å². The number of anilines is 1. The molecule has 1 aromatic carbocycles. The first kappa shape index (κ1) is 11.4. The molecule has 82 valence electrons. The molecule has 0 radical (unpaired) electrons. The van der Waals surface area contributed by atoms with Crippen LogP contribution in [0.4, 0.5) is 5.69 Å². The lowest BCUT2D eigenvalue weighted by Gasteiger charge is -2.18. The molecule has 0 aliphatic carbocycles. The number of aliphatic hydroxyl groups is 1. The van der Waals surface area contributed by atoms with Gasteiger partial charge in [-0.1, -0.05) is 6.07 Å². The van der Waals surface area contributed by atoms with Crippen LogP contribution in [0.3, 0.4) is 0 Å². The highest BCUT2D eigenvalue weighted by Crippen LogP contribution is 2.31. The van der Waals surface area contributed by atoms with Gasteiger partial charge in [0.05, 0.1) is 31.0 Å². The summed E-state index contributed by atoms with van der Waals surface area (Å²) in [5.41, 5.74) is 0.951. The number of para-hydroxylation sites is 1. The third-order valence-corrected chi connectivity index (χ3v) is 3.66. The van der Waals surface area contributed by atoms with Crippen molar-refractivity contribution < 1.29 is 9.84 Å². The van der Waals surface area contributed by atoms with Crippen molar-refractivity contribution in [2.75, 3.05) is 18.5 Å². The van der Waals surface area contributed by atoms with E-state index < -0.39 is 6.10 Å². The van der Waals surface area contributed by atoms with Crippen LogP contribution >= 0.6 is 31.9 Å². The molecule has 15 heavy (non-hydrogen) atoms. The second kappa shape index (κ2) is 4.82. The zero-order chi connectivity index (χ0) is 10.8. The fraction of sp³-hybridized carbons (Fsp3) is 0.400. The number of rotatable bonds is 2. The minimum atomic E-state index is -0.441. The first-order chi connectivity index (χ1) is 7.18. The van der Waals surface area contributed by atoms with Gasteiger partial charge in [-0.3, -0.25) is 0 Å². The third kappa shape index (κ3) is 2.53. The fourth-order valence-corrected chi connectivity index (χ4v) is 2.73. The van der Waals surface area contributed by atoms with Crippen LogP contribution in [0.1, 0.15) is 0 Å². The van der Waals surface area contributed by atoms with Crippen molar-refractivity contribution in [2.45, 2.75) is 12.1 Å². The molecule has 1 aliphatic heterocycles. The number of nitrogens with one attached hydrogen (secondary N) is 1. The minimum Gasteiger partial charge on any atom is -0.388 e. The van der Waals surface area contributed by atoms with Gasteiger partial charge in [-0.2, -0.15) is 0 Å². The Bertz CT molecular complexity index is 339. The highest BCUT2D eigenvalue weighted by atomic mass is 79.9. The summed E-state index contributed by atoms with van der Waals surface area (Å²) in [5.74, 6) is 0. The Balaban J connectivity index is 2.16. The van der Waals surface area contributed by atoms with E-state index in [0.29, 0.717) is 13.2 Å². The number of benzene rings is 1. The highest BCUT2D eigenvalue weighted by molar-refractivity contribution is 9.11. The van der Waals surface area contributed by atoms with Crippen molar-refractivity contribution in [3.05, 3.63) is 27.1 Å². The minimum absolute atomic E-state index is 0.0417. The van der Waals surface area contributed by atoms with Gasteiger partial charge in [0.2, 0.25) is 0 Å². The van der Waals surface area contributed by atoms with Crippen LogP contribution in [-0.2, 0) is 4.74 Å². The maximum atomic E-state index is 9.61. The Labute approximate surface area is 105 Å². The molecule has 0 spiro atoms. The van der Waals surface area contributed by atoms with Crippen LogP contribution in [0.2, 0.25) is 0 Å². The topological polar surface area (TPSA) is 41.5 Å². The van der Waals surface area contributed by atoms with Crippen molar-refractivity contribution in [3.63, 3.8) is 0 Å². The van der Waals surface area contributed by atoms with E-state index in [0.717, 1.165) is 14.6 Å². The second-order valence-electron chi connectivity index (χ2n) is 3.45. The number of hydrogen-bond donors (Lipinski definition) is 2. The summed E-state index contributed by atoms with van der Waals surface area (Å²) in [6.45, 7) is 0.939. The summed E-state index contributed by atoms with van der Waals surface area (Å²) >= 11 is 6.92. The Morgan fingerprint density at radius 2 is 1.93 bits per heavy atom. The molecular weight excluding hydrogens is 326 g/mol. The molecular formula is C10H11Br2NO2. The van der Waals surface area contributed by atoms with Crippen LogP contribution in [0.15, 0.2) is 27.1 Å². The lowest BCUT2D eigenvalue weighted by atomic mass is 10.2. The predicted octanol–water partition coefficient (Wildman–Crippen LogP) is 2.38. The average molecular weight is 337 g/mol. The molecule has 1 saturated heterocycles. The van der Waals surface area contributed by atoms with E-state index in [2.05, 4.69) is 37.2 Å². The van der Waals surface area contributed by atoms with Crippen molar-refractivity contribution >= 4 is 37.5 Å². The van der Waals surface area contributed by atoms with Gasteiger partial charge in [0.1, 0.15) is 0 Å². The van der Waals surface area contributed by atoms with Gasteiger partial charge in [0.25, 0.3) is 0 Å². The number of hydrogen-bond acceptors (Lipinski definition) is 3. The Hall–Kier alpha value is -0.100. The first-order valence-corrected chi connectivity index (χ1v) is 6.23. The van der Waals surface area contributed by atoms with E-state index in [1.165, 1.54) is 0 Å². The van der Waals surface area contributed by atoms with Crippen molar-refractivity contribution in [1.29, 1.82) is 0 Å². The summed E-state index contributed by atoms with van der Waals surface area (Å²) in [6.07, 6.45) is -0.441. The first-order valence-electron chi connectivity index (χ1n) is 4.65. The van der Waals surface area contributed by atoms with Gasteiger partial charge in [-0.25, -0.2) is 0 Å². The summed E-state index contributed by atoms with van der Waals surface area (Å²) in [7, 11) is 0. The van der Waals surface area contributed by atoms with Crippen molar-refractivity contribution in [1.82, 2.24) is 0 Å². The quantitative estimate of drug-likeness (QED) is 0.871. The molecule has 0 aromatic heterocycles. The molecule has 2 atom stereocenters.